The highest BCUT2D eigenvalue weighted by molar-refractivity contribution is 5.96. The molecule has 0 spiro atoms. The summed E-state index contributed by atoms with van der Waals surface area (Å²) < 4.78 is 38.2. The Kier molecular flexibility index (Phi) is 3.88. The van der Waals surface area contributed by atoms with Crippen LogP contribution in [0.3, 0.4) is 0 Å². The minimum absolute atomic E-state index is 0.111. The fourth-order valence-electron chi connectivity index (χ4n) is 1.19. The molecule has 0 unspecified atom stereocenters. The molecule has 0 saturated carbocycles. The van der Waals surface area contributed by atoms with Gasteiger partial charge in [-0.2, -0.15) is 0 Å². The van der Waals surface area contributed by atoms with Crippen LogP contribution in [0.15, 0.2) is 24.3 Å². The van der Waals surface area contributed by atoms with Crippen LogP contribution in [0.1, 0.15) is 30.1 Å². The Morgan fingerprint density at radius 1 is 1.19 bits per heavy atom. The van der Waals surface area contributed by atoms with Gasteiger partial charge in [0.05, 0.1) is 0 Å². The quantitative estimate of drug-likeness (QED) is 0.437. The summed E-state index contributed by atoms with van der Waals surface area (Å²) in [4.78, 5) is 11.5. The highest BCUT2D eigenvalue weighted by atomic mass is 19.2. The predicted molar refractivity (Wildman–Crippen MR) is 54.7 cm³/mol. The van der Waals surface area contributed by atoms with Gasteiger partial charge in [-0.1, -0.05) is 5.57 Å². The third-order valence-corrected chi connectivity index (χ3v) is 2.08. The molecule has 0 heterocycles. The van der Waals surface area contributed by atoms with Crippen molar-refractivity contribution in [1.82, 2.24) is 0 Å². The molecule has 0 N–H and O–H groups in total. The standard InChI is InChI=1S/C12H11F3O/c1-7(2)3-4-11(16)8-5-9(13)12(15)10(14)6-8/h5-6H,1,3-4H2,2H3. The lowest BCUT2D eigenvalue weighted by Crippen LogP contribution is -2.03. The van der Waals surface area contributed by atoms with Crippen LogP contribution < -0.4 is 0 Å². The minimum Gasteiger partial charge on any atom is -0.294 e. The van der Waals surface area contributed by atoms with Gasteiger partial charge >= 0.3 is 0 Å². The average Bonchev–Trinajstić information content (AvgIpc) is 2.21. The number of halogens is 3. The van der Waals surface area contributed by atoms with Crippen molar-refractivity contribution in [1.29, 1.82) is 0 Å². The molecule has 0 bridgehead atoms. The first-order chi connectivity index (χ1) is 7.41. The number of allylic oxidation sites excluding steroid dienone is 1. The Bertz CT molecular complexity index is 415. The highest BCUT2D eigenvalue weighted by Gasteiger charge is 2.14. The maximum Gasteiger partial charge on any atom is 0.194 e. The molecule has 1 aromatic carbocycles. The predicted octanol–water partition coefficient (Wildman–Crippen LogP) is 3.64. The third kappa shape index (κ3) is 2.95. The van der Waals surface area contributed by atoms with E-state index in [1.54, 1.807) is 6.92 Å². The lowest BCUT2D eigenvalue weighted by Gasteiger charge is -2.02. The van der Waals surface area contributed by atoms with Gasteiger partial charge in [0, 0.05) is 12.0 Å². The maximum absolute atomic E-state index is 12.8. The van der Waals surface area contributed by atoms with Gasteiger partial charge in [-0.15, -0.1) is 6.58 Å². The Balaban J connectivity index is 2.88. The van der Waals surface area contributed by atoms with Gasteiger partial charge in [0.1, 0.15) is 0 Å². The molecule has 0 atom stereocenters. The second kappa shape index (κ2) is 4.96. The second-order valence-electron chi connectivity index (χ2n) is 3.63. The average molecular weight is 228 g/mol. The van der Waals surface area contributed by atoms with E-state index >= 15 is 0 Å². The lowest BCUT2D eigenvalue weighted by atomic mass is 10.0. The molecular weight excluding hydrogens is 217 g/mol. The van der Waals surface area contributed by atoms with E-state index in [1.165, 1.54) is 0 Å². The molecule has 1 rings (SSSR count). The zero-order valence-corrected chi connectivity index (χ0v) is 8.82. The summed E-state index contributed by atoms with van der Waals surface area (Å²) in [5, 5.41) is 0. The van der Waals surface area contributed by atoms with Crippen molar-refractivity contribution in [3.8, 4) is 0 Å². The van der Waals surface area contributed by atoms with E-state index < -0.39 is 23.2 Å². The number of hydrogen-bond donors (Lipinski definition) is 0. The largest absolute Gasteiger partial charge is 0.294 e. The fraction of sp³-hybridized carbons (Fsp3) is 0.250. The van der Waals surface area contributed by atoms with Crippen LogP contribution >= 0.6 is 0 Å². The molecule has 0 aliphatic carbocycles. The molecular formula is C12H11F3O. The van der Waals surface area contributed by atoms with Crippen molar-refractivity contribution in [3.63, 3.8) is 0 Å². The summed E-state index contributed by atoms with van der Waals surface area (Å²) in [7, 11) is 0. The number of carbonyl (C=O) groups excluding carboxylic acids is 1. The van der Waals surface area contributed by atoms with Crippen LogP contribution in [0, 0.1) is 17.5 Å². The molecule has 0 radical (unpaired) electrons. The van der Waals surface area contributed by atoms with Crippen LogP contribution in [-0.4, -0.2) is 5.78 Å². The summed E-state index contributed by atoms with van der Waals surface area (Å²) in [5.74, 6) is -4.69. The molecule has 0 aliphatic heterocycles. The Hall–Kier alpha value is -1.58. The Morgan fingerprint density at radius 2 is 1.69 bits per heavy atom. The van der Waals surface area contributed by atoms with Gasteiger partial charge < -0.3 is 0 Å². The van der Waals surface area contributed by atoms with Crippen molar-refractivity contribution in [2.24, 2.45) is 0 Å². The molecule has 4 heteroatoms. The molecule has 0 aromatic heterocycles. The topological polar surface area (TPSA) is 17.1 Å². The first kappa shape index (κ1) is 12.5. The van der Waals surface area contributed by atoms with E-state index in [0.29, 0.717) is 18.6 Å². The van der Waals surface area contributed by atoms with Crippen molar-refractivity contribution in [3.05, 3.63) is 47.3 Å². The van der Waals surface area contributed by atoms with E-state index in [4.69, 9.17) is 0 Å². The first-order valence-electron chi connectivity index (χ1n) is 4.74. The van der Waals surface area contributed by atoms with Crippen molar-refractivity contribution >= 4 is 5.78 Å². The van der Waals surface area contributed by atoms with E-state index in [9.17, 15) is 18.0 Å². The second-order valence-corrected chi connectivity index (χ2v) is 3.63. The summed E-state index contributed by atoms with van der Waals surface area (Å²) in [6.45, 7) is 5.36. The molecule has 16 heavy (non-hydrogen) atoms. The van der Waals surface area contributed by atoms with E-state index in [2.05, 4.69) is 6.58 Å². The minimum atomic E-state index is -1.56. The molecule has 1 nitrogen and oxygen atoms in total. The zero-order chi connectivity index (χ0) is 12.3. The van der Waals surface area contributed by atoms with Gasteiger partial charge in [0.2, 0.25) is 0 Å². The monoisotopic (exact) mass is 228 g/mol. The first-order valence-corrected chi connectivity index (χ1v) is 4.74. The smallest absolute Gasteiger partial charge is 0.194 e. The van der Waals surface area contributed by atoms with Gasteiger partial charge in [-0.05, 0) is 25.5 Å². The summed E-state index contributed by atoms with van der Waals surface area (Å²) in [5.41, 5.74) is 0.647. The van der Waals surface area contributed by atoms with E-state index in [0.717, 1.165) is 5.57 Å². The van der Waals surface area contributed by atoms with E-state index in [1.807, 2.05) is 0 Å². The third-order valence-electron chi connectivity index (χ3n) is 2.08. The van der Waals surface area contributed by atoms with Crippen LogP contribution in [0.25, 0.3) is 0 Å². The zero-order valence-electron chi connectivity index (χ0n) is 8.82. The highest BCUT2D eigenvalue weighted by Crippen LogP contribution is 2.16. The van der Waals surface area contributed by atoms with Gasteiger partial charge in [0.25, 0.3) is 0 Å². The van der Waals surface area contributed by atoms with Gasteiger partial charge in [0.15, 0.2) is 23.2 Å². The number of ketones is 1. The Morgan fingerprint density at radius 3 is 2.12 bits per heavy atom. The number of benzene rings is 1. The van der Waals surface area contributed by atoms with Crippen LogP contribution in [0.2, 0.25) is 0 Å². The summed E-state index contributed by atoms with van der Waals surface area (Å²) in [6, 6.07) is 1.42. The van der Waals surface area contributed by atoms with Crippen molar-refractivity contribution in [2.75, 3.05) is 0 Å². The van der Waals surface area contributed by atoms with Gasteiger partial charge in [-0.3, -0.25) is 4.79 Å². The summed E-state index contributed by atoms with van der Waals surface area (Å²) >= 11 is 0. The molecule has 0 fully saturated rings. The molecule has 0 aliphatic rings. The SMILES string of the molecule is C=C(C)CCC(=O)c1cc(F)c(F)c(F)c1. The number of Topliss-reactive ketones (excluding diaryl/α,β-unsaturated/α-hetero) is 1. The molecule has 1 aromatic rings. The Labute approximate surface area is 91.6 Å². The normalized spacial score (nSPS) is 10.2. The van der Waals surface area contributed by atoms with E-state index in [-0.39, 0.29) is 12.0 Å². The number of hydrogen-bond acceptors (Lipinski definition) is 1. The molecule has 0 amide bonds. The summed E-state index contributed by atoms with van der Waals surface area (Å²) in [6.07, 6.45) is 0.555. The van der Waals surface area contributed by atoms with Crippen LogP contribution in [0.4, 0.5) is 13.2 Å². The fourth-order valence-corrected chi connectivity index (χ4v) is 1.19. The lowest BCUT2D eigenvalue weighted by molar-refractivity contribution is 0.0981. The number of carbonyl (C=O) groups is 1. The molecule has 0 saturated heterocycles. The molecule has 86 valence electrons. The van der Waals surface area contributed by atoms with Crippen LogP contribution in [-0.2, 0) is 0 Å². The van der Waals surface area contributed by atoms with Crippen molar-refractivity contribution in [2.45, 2.75) is 19.8 Å². The van der Waals surface area contributed by atoms with Gasteiger partial charge in [-0.25, -0.2) is 13.2 Å². The van der Waals surface area contributed by atoms with Crippen LogP contribution in [0.5, 0.6) is 0 Å². The maximum atomic E-state index is 12.8. The number of rotatable bonds is 4. The van der Waals surface area contributed by atoms with Crippen molar-refractivity contribution < 1.29 is 18.0 Å².